The van der Waals surface area contributed by atoms with E-state index in [1.165, 1.54) is 5.69 Å². The molecule has 0 spiro atoms. The Balaban J connectivity index is 1.51. The van der Waals surface area contributed by atoms with Crippen LogP contribution >= 0.6 is 0 Å². The Labute approximate surface area is 167 Å². The van der Waals surface area contributed by atoms with E-state index >= 15 is 0 Å². The highest BCUT2D eigenvalue weighted by molar-refractivity contribution is 5.80. The minimum atomic E-state index is 0.354. The van der Waals surface area contributed by atoms with Crippen LogP contribution in [0.1, 0.15) is 25.6 Å². The quantitative estimate of drug-likeness (QED) is 0.558. The molecule has 0 bridgehead atoms. The molecule has 3 rings (SSSR count). The molecule has 1 aliphatic heterocycles. The fourth-order valence-electron chi connectivity index (χ4n) is 3.56. The number of nitrogens with zero attached hydrogens (tertiary/aromatic N) is 5. The molecule has 0 aliphatic carbocycles. The van der Waals surface area contributed by atoms with Gasteiger partial charge < -0.3 is 24.8 Å². The summed E-state index contributed by atoms with van der Waals surface area (Å²) in [4.78, 5) is 6.79. The van der Waals surface area contributed by atoms with Crippen molar-refractivity contribution in [3.05, 3.63) is 36.4 Å². The molecular formula is C20H31N7O. The van der Waals surface area contributed by atoms with Crippen molar-refractivity contribution in [2.24, 2.45) is 4.99 Å². The molecule has 2 aromatic rings. The largest absolute Gasteiger partial charge is 0.497 e. The first-order valence-electron chi connectivity index (χ1n) is 9.96. The molecule has 1 aromatic heterocycles. The van der Waals surface area contributed by atoms with Gasteiger partial charge in [0.15, 0.2) is 5.96 Å². The number of ether oxygens (including phenoxy) is 1. The van der Waals surface area contributed by atoms with Crippen molar-refractivity contribution in [1.29, 1.82) is 0 Å². The number of guanidine groups is 1. The lowest BCUT2D eigenvalue weighted by molar-refractivity contribution is 0.414. The van der Waals surface area contributed by atoms with E-state index in [0.717, 1.165) is 63.0 Å². The van der Waals surface area contributed by atoms with E-state index in [1.807, 2.05) is 19.2 Å². The zero-order chi connectivity index (χ0) is 19.8. The predicted molar refractivity (Wildman–Crippen MR) is 112 cm³/mol. The lowest BCUT2D eigenvalue weighted by Gasteiger charge is -2.35. The monoisotopic (exact) mass is 385 g/mol. The van der Waals surface area contributed by atoms with Crippen LogP contribution in [-0.4, -0.2) is 60.6 Å². The molecule has 2 N–H and O–H groups in total. The highest BCUT2D eigenvalue weighted by atomic mass is 16.5. The molecule has 1 aromatic carbocycles. The second-order valence-electron chi connectivity index (χ2n) is 6.92. The second-order valence-corrected chi connectivity index (χ2v) is 6.92. The normalized spacial score (nSPS) is 17.5. The van der Waals surface area contributed by atoms with Crippen LogP contribution in [0, 0.1) is 0 Å². The Morgan fingerprint density at radius 3 is 3.07 bits per heavy atom. The standard InChI is InChI=1S/C20H31N7O/c1-4-19-25-23-15-27(19)12-10-22-20(21-2)24-16-7-6-11-26(14-16)17-8-5-9-18(13-17)28-3/h5,8-9,13,15-16H,4,6-7,10-12,14H2,1-3H3,(H2,21,22,24). The molecule has 0 radical (unpaired) electrons. The van der Waals surface area contributed by atoms with Crippen molar-refractivity contribution in [2.75, 3.05) is 38.7 Å². The Hall–Kier alpha value is -2.77. The fraction of sp³-hybridized carbons (Fsp3) is 0.550. The number of aliphatic imine (C=N–C) groups is 1. The minimum absolute atomic E-state index is 0.354. The number of piperidine rings is 1. The number of benzene rings is 1. The van der Waals surface area contributed by atoms with Crippen molar-refractivity contribution < 1.29 is 4.74 Å². The molecule has 0 amide bonds. The van der Waals surface area contributed by atoms with Gasteiger partial charge in [-0.05, 0) is 25.0 Å². The van der Waals surface area contributed by atoms with E-state index in [4.69, 9.17) is 4.74 Å². The highest BCUT2D eigenvalue weighted by Crippen LogP contribution is 2.24. The lowest BCUT2D eigenvalue weighted by Crippen LogP contribution is -2.51. The van der Waals surface area contributed by atoms with Gasteiger partial charge in [0.25, 0.3) is 0 Å². The molecule has 1 saturated heterocycles. The summed E-state index contributed by atoms with van der Waals surface area (Å²) in [5, 5.41) is 15.1. The molecular weight excluding hydrogens is 354 g/mol. The number of nitrogens with one attached hydrogen (secondary N) is 2. The van der Waals surface area contributed by atoms with Gasteiger partial charge in [0.2, 0.25) is 0 Å². The number of rotatable bonds is 7. The van der Waals surface area contributed by atoms with Crippen LogP contribution < -0.4 is 20.3 Å². The predicted octanol–water partition coefficient (Wildman–Crippen LogP) is 1.68. The molecule has 152 valence electrons. The maximum Gasteiger partial charge on any atom is 0.191 e. The van der Waals surface area contributed by atoms with Crippen LogP contribution in [0.25, 0.3) is 0 Å². The first-order valence-corrected chi connectivity index (χ1v) is 9.96. The third-order valence-electron chi connectivity index (χ3n) is 5.06. The highest BCUT2D eigenvalue weighted by Gasteiger charge is 2.21. The smallest absolute Gasteiger partial charge is 0.191 e. The van der Waals surface area contributed by atoms with Gasteiger partial charge in [-0.15, -0.1) is 10.2 Å². The van der Waals surface area contributed by atoms with E-state index < -0.39 is 0 Å². The van der Waals surface area contributed by atoms with Crippen molar-refractivity contribution in [3.8, 4) is 5.75 Å². The minimum Gasteiger partial charge on any atom is -0.497 e. The molecule has 1 aliphatic rings. The zero-order valence-electron chi connectivity index (χ0n) is 17.1. The van der Waals surface area contributed by atoms with Gasteiger partial charge in [-0.2, -0.15) is 0 Å². The number of aryl methyl sites for hydroxylation is 1. The number of aromatic nitrogens is 3. The summed E-state index contributed by atoms with van der Waals surface area (Å²) < 4.78 is 7.44. The number of methoxy groups -OCH3 is 1. The van der Waals surface area contributed by atoms with Crippen LogP contribution in [0.2, 0.25) is 0 Å². The first-order chi connectivity index (χ1) is 13.7. The summed E-state index contributed by atoms with van der Waals surface area (Å²) in [6.45, 7) is 5.68. The number of hydrogen-bond acceptors (Lipinski definition) is 5. The third-order valence-corrected chi connectivity index (χ3v) is 5.06. The van der Waals surface area contributed by atoms with Gasteiger partial charge in [0.1, 0.15) is 17.9 Å². The van der Waals surface area contributed by atoms with Crippen LogP contribution in [0.15, 0.2) is 35.6 Å². The topological polar surface area (TPSA) is 79.6 Å². The molecule has 28 heavy (non-hydrogen) atoms. The van der Waals surface area contributed by atoms with Gasteiger partial charge in [-0.3, -0.25) is 4.99 Å². The van der Waals surface area contributed by atoms with Crippen molar-refractivity contribution in [1.82, 2.24) is 25.4 Å². The Morgan fingerprint density at radius 1 is 1.39 bits per heavy atom. The van der Waals surface area contributed by atoms with E-state index in [0.29, 0.717) is 6.04 Å². The first kappa shape index (κ1) is 20.0. The van der Waals surface area contributed by atoms with Crippen LogP contribution in [-0.2, 0) is 13.0 Å². The molecule has 1 atom stereocenters. The molecule has 1 fully saturated rings. The molecule has 8 nitrogen and oxygen atoms in total. The maximum absolute atomic E-state index is 5.36. The van der Waals surface area contributed by atoms with Gasteiger partial charge in [0.05, 0.1) is 7.11 Å². The Morgan fingerprint density at radius 2 is 2.29 bits per heavy atom. The molecule has 0 saturated carbocycles. The van der Waals surface area contributed by atoms with E-state index in [-0.39, 0.29) is 0 Å². The van der Waals surface area contributed by atoms with Gasteiger partial charge in [-0.1, -0.05) is 13.0 Å². The summed E-state index contributed by atoms with van der Waals surface area (Å²) >= 11 is 0. The summed E-state index contributed by atoms with van der Waals surface area (Å²) in [6.07, 6.45) is 4.94. The van der Waals surface area contributed by atoms with Crippen molar-refractivity contribution in [3.63, 3.8) is 0 Å². The lowest BCUT2D eigenvalue weighted by atomic mass is 10.0. The van der Waals surface area contributed by atoms with E-state index in [9.17, 15) is 0 Å². The maximum atomic E-state index is 5.36. The summed E-state index contributed by atoms with van der Waals surface area (Å²) in [5.41, 5.74) is 1.20. The number of hydrogen-bond donors (Lipinski definition) is 2. The van der Waals surface area contributed by atoms with Crippen LogP contribution in [0.4, 0.5) is 5.69 Å². The Kier molecular flexibility index (Phi) is 7.11. The van der Waals surface area contributed by atoms with Crippen LogP contribution in [0.5, 0.6) is 5.75 Å². The average molecular weight is 386 g/mol. The van der Waals surface area contributed by atoms with Gasteiger partial charge in [0, 0.05) is 57.4 Å². The average Bonchev–Trinajstić information content (AvgIpc) is 3.20. The second kappa shape index (κ2) is 9.96. The molecule has 2 heterocycles. The fourth-order valence-corrected chi connectivity index (χ4v) is 3.56. The van der Waals surface area contributed by atoms with E-state index in [2.05, 4.69) is 54.3 Å². The molecule has 8 heteroatoms. The van der Waals surface area contributed by atoms with Crippen molar-refractivity contribution in [2.45, 2.75) is 38.8 Å². The Bertz CT molecular complexity index is 773. The van der Waals surface area contributed by atoms with Crippen molar-refractivity contribution >= 4 is 11.6 Å². The third kappa shape index (κ3) is 5.15. The summed E-state index contributed by atoms with van der Waals surface area (Å²) in [5.74, 6) is 2.74. The van der Waals surface area contributed by atoms with E-state index in [1.54, 1.807) is 13.4 Å². The molecule has 1 unspecified atom stereocenters. The van der Waals surface area contributed by atoms with Crippen LogP contribution in [0.3, 0.4) is 0 Å². The summed E-state index contributed by atoms with van der Waals surface area (Å²) in [6, 6.07) is 8.62. The number of anilines is 1. The van der Waals surface area contributed by atoms with Gasteiger partial charge in [-0.25, -0.2) is 0 Å². The summed E-state index contributed by atoms with van der Waals surface area (Å²) in [7, 11) is 3.52. The SMILES string of the molecule is CCc1nncn1CCNC(=NC)NC1CCCN(c2cccc(OC)c2)C1. The van der Waals surface area contributed by atoms with Gasteiger partial charge >= 0.3 is 0 Å². The zero-order valence-corrected chi connectivity index (χ0v) is 17.1.